The highest BCUT2D eigenvalue weighted by molar-refractivity contribution is 6.04. The fourth-order valence-electron chi connectivity index (χ4n) is 3.16. The molecule has 1 aromatic carbocycles. The minimum Gasteiger partial charge on any atom is -0.371 e. The molecule has 1 saturated heterocycles. The van der Waals surface area contributed by atoms with Crippen LogP contribution in [0.4, 0.5) is 10.5 Å². The molecule has 2 aliphatic heterocycles. The Morgan fingerprint density at radius 2 is 2.05 bits per heavy atom. The van der Waals surface area contributed by atoms with E-state index in [1.807, 2.05) is 0 Å². The van der Waals surface area contributed by atoms with Crippen molar-refractivity contribution in [1.82, 2.24) is 10.6 Å². The number of hydrogen-bond donors (Lipinski definition) is 2. The number of benzene rings is 1. The molecule has 0 aliphatic carbocycles. The lowest BCUT2D eigenvalue weighted by atomic mass is 10.0. The first-order chi connectivity index (χ1) is 10.2. The molecule has 3 rings (SSSR count). The highest BCUT2D eigenvalue weighted by Crippen LogP contribution is 2.26. The van der Waals surface area contributed by atoms with Crippen molar-refractivity contribution in [3.05, 3.63) is 29.8 Å². The Kier molecular flexibility index (Phi) is 4.08. The van der Waals surface area contributed by atoms with Crippen LogP contribution in [0.3, 0.4) is 0 Å². The molecule has 0 aromatic heterocycles. The van der Waals surface area contributed by atoms with Crippen LogP contribution >= 0.6 is 0 Å². The number of hydrogen-bond acceptors (Lipinski definition) is 3. The maximum atomic E-state index is 11.4. The van der Waals surface area contributed by atoms with Crippen LogP contribution in [-0.2, 0) is 11.2 Å². The van der Waals surface area contributed by atoms with E-state index in [9.17, 15) is 9.59 Å². The average Bonchev–Trinajstić information content (AvgIpc) is 2.82. The molecule has 0 spiro atoms. The zero-order valence-corrected chi connectivity index (χ0v) is 12.1. The minimum atomic E-state index is -0.366. The fraction of sp³-hybridized carbons (Fsp3) is 0.500. The fourth-order valence-corrected chi connectivity index (χ4v) is 3.16. The number of nitrogens with one attached hydrogen (secondary N) is 2. The summed E-state index contributed by atoms with van der Waals surface area (Å²) in [5, 5.41) is 4.92. The normalized spacial score (nSPS) is 21.0. The van der Waals surface area contributed by atoms with Crippen molar-refractivity contribution in [2.45, 2.75) is 38.1 Å². The van der Waals surface area contributed by atoms with Crippen molar-refractivity contribution >= 4 is 17.6 Å². The number of fused-ring (bicyclic) bond motifs is 1. The van der Waals surface area contributed by atoms with E-state index in [0.717, 1.165) is 25.9 Å². The number of rotatable bonds is 5. The van der Waals surface area contributed by atoms with Crippen LogP contribution in [0.1, 0.15) is 31.2 Å². The highest BCUT2D eigenvalue weighted by Gasteiger charge is 2.28. The smallest absolute Gasteiger partial charge is 0.322 e. The molecule has 5 nitrogen and oxygen atoms in total. The number of unbranched alkanes of at least 4 members (excludes halogenated alkanes) is 1. The highest BCUT2D eigenvalue weighted by atomic mass is 16.2. The summed E-state index contributed by atoms with van der Waals surface area (Å²) in [6, 6.07) is 7.89. The number of urea groups is 1. The SMILES string of the molecule is O=C1NC(=O)C(CCCCN2CCCc3ccccc32)N1. The Labute approximate surface area is 124 Å². The average molecular weight is 287 g/mol. The Bertz CT molecular complexity index is 544. The van der Waals surface area contributed by atoms with E-state index in [1.54, 1.807) is 0 Å². The third kappa shape index (κ3) is 3.17. The van der Waals surface area contributed by atoms with Gasteiger partial charge in [0.05, 0.1) is 0 Å². The number of carbonyl (C=O) groups excluding carboxylic acids is 2. The number of aryl methyl sites for hydroxylation is 1. The van der Waals surface area contributed by atoms with Gasteiger partial charge in [-0.1, -0.05) is 18.2 Å². The molecule has 112 valence electrons. The Morgan fingerprint density at radius 3 is 2.86 bits per heavy atom. The van der Waals surface area contributed by atoms with Crippen molar-refractivity contribution in [2.75, 3.05) is 18.0 Å². The van der Waals surface area contributed by atoms with Gasteiger partial charge in [-0.15, -0.1) is 0 Å². The van der Waals surface area contributed by atoms with Crippen LogP contribution in [-0.4, -0.2) is 31.1 Å². The summed E-state index contributed by atoms with van der Waals surface area (Å²) < 4.78 is 0. The topological polar surface area (TPSA) is 61.4 Å². The molecule has 2 N–H and O–H groups in total. The maximum absolute atomic E-state index is 11.4. The predicted octanol–water partition coefficient (Wildman–Crippen LogP) is 1.82. The van der Waals surface area contributed by atoms with Crippen molar-refractivity contribution < 1.29 is 9.59 Å². The lowest BCUT2D eigenvalue weighted by Crippen LogP contribution is -2.31. The van der Waals surface area contributed by atoms with Crippen LogP contribution in [0.2, 0.25) is 0 Å². The number of carbonyl (C=O) groups is 2. The van der Waals surface area contributed by atoms with Crippen molar-refractivity contribution in [3.8, 4) is 0 Å². The number of nitrogens with zero attached hydrogens (tertiary/aromatic N) is 1. The lowest BCUT2D eigenvalue weighted by molar-refractivity contribution is -0.120. The first-order valence-electron chi connectivity index (χ1n) is 7.68. The van der Waals surface area contributed by atoms with Gasteiger partial charge in [-0.25, -0.2) is 4.79 Å². The summed E-state index contributed by atoms with van der Waals surface area (Å²) in [6.45, 7) is 2.12. The van der Waals surface area contributed by atoms with Gasteiger partial charge in [-0.2, -0.15) is 0 Å². The molecule has 3 amide bonds. The van der Waals surface area contributed by atoms with Crippen LogP contribution in [0.25, 0.3) is 0 Å². The van der Waals surface area contributed by atoms with Gasteiger partial charge in [0.15, 0.2) is 0 Å². The number of para-hydroxylation sites is 1. The van der Waals surface area contributed by atoms with Gasteiger partial charge in [0, 0.05) is 18.8 Å². The monoisotopic (exact) mass is 287 g/mol. The Morgan fingerprint density at radius 1 is 1.19 bits per heavy atom. The molecule has 2 aliphatic rings. The summed E-state index contributed by atoms with van der Waals surface area (Å²) in [4.78, 5) is 24.9. The quantitative estimate of drug-likeness (QED) is 0.641. The van der Waals surface area contributed by atoms with Crippen molar-refractivity contribution in [3.63, 3.8) is 0 Å². The molecular weight excluding hydrogens is 266 g/mol. The second-order valence-electron chi connectivity index (χ2n) is 5.73. The molecule has 21 heavy (non-hydrogen) atoms. The van der Waals surface area contributed by atoms with E-state index in [4.69, 9.17) is 0 Å². The molecule has 2 heterocycles. The van der Waals surface area contributed by atoms with E-state index in [1.165, 1.54) is 24.1 Å². The van der Waals surface area contributed by atoms with E-state index in [-0.39, 0.29) is 18.0 Å². The van der Waals surface area contributed by atoms with Gasteiger partial charge in [0.2, 0.25) is 0 Å². The van der Waals surface area contributed by atoms with Crippen LogP contribution < -0.4 is 15.5 Å². The zero-order chi connectivity index (χ0) is 14.7. The Balaban J connectivity index is 1.46. The summed E-state index contributed by atoms with van der Waals surface area (Å²) in [6.07, 6.45) is 5.07. The van der Waals surface area contributed by atoms with Gasteiger partial charge in [0.1, 0.15) is 6.04 Å². The molecule has 0 radical (unpaired) electrons. The molecule has 0 bridgehead atoms. The number of amides is 3. The predicted molar refractivity (Wildman–Crippen MR) is 81.3 cm³/mol. The van der Waals surface area contributed by atoms with E-state index >= 15 is 0 Å². The van der Waals surface area contributed by atoms with E-state index in [2.05, 4.69) is 39.8 Å². The van der Waals surface area contributed by atoms with Gasteiger partial charge >= 0.3 is 6.03 Å². The second kappa shape index (κ2) is 6.16. The van der Waals surface area contributed by atoms with E-state index in [0.29, 0.717) is 6.42 Å². The first-order valence-corrected chi connectivity index (χ1v) is 7.68. The van der Waals surface area contributed by atoms with Crippen LogP contribution in [0.15, 0.2) is 24.3 Å². The van der Waals surface area contributed by atoms with Gasteiger partial charge in [-0.3, -0.25) is 10.1 Å². The maximum Gasteiger partial charge on any atom is 0.322 e. The van der Waals surface area contributed by atoms with Crippen LogP contribution in [0.5, 0.6) is 0 Å². The molecular formula is C16H21N3O2. The van der Waals surface area contributed by atoms with Gasteiger partial charge in [-0.05, 0) is 43.7 Å². The number of anilines is 1. The first kappa shape index (κ1) is 13.9. The standard InChI is InChI=1S/C16H21N3O2/c20-15-13(17-16(21)18-15)8-3-4-10-19-11-5-7-12-6-1-2-9-14(12)19/h1-2,6,9,13H,3-5,7-8,10-11H2,(H2,17,18,20,21). The summed E-state index contributed by atoms with van der Waals surface area (Å²) in [5.74, 6) is -0.191. The molecule has 1 unspecified atom stereocenters. The van der Waals surface area contributed by atoms with E-state index < -0.39 is 0 Å². The van der Waals surface area contributed by atoms with Crippen molar-refractivity contribution in [2.24, 2.45) is 0 Å². The molecule has 1 aromatic rings. The summed E-state index contributed by atoms with van der Waals surface area (Å²) >= 11 is 0. The summed E-state index contributed by atoms with van der Waals surface area (Å²) in [5.41, 5.74) is 2.79. The lowest BCUT2D eigenvalue weighted by Gasteiger charge is -2.31. The molecule has 5 heteroatoms. The molecule has 1 fully saturated rings. The molecule has 1 atom stereocenters. The summed E-state index contributed by atoms with van der Waals surface area (Å²) in [7, 11) is 0. The Hall–Kier alpha value is -2.04. The van der Waals surface area contributed by atoms with Crippen LogP contribution in [0, 0.1) is 0 Å². The largest absolute Gasteiger partial charge is 0.371 e. The molecule has 0 saturated carbocycles. The third-order valence-corrected chi connectivity index (χ3v) is 4.24. The van der Waals surface area contributed by atoms with Crippen molar-refractivity contribution in [1.29, 1.82) is 0 Å². The van der Waals surface area contributed by atoms with Gasteiger partial charge in [0.25, 0.3) is 5.91 Å². The zero-order valence-electron chi connectivity index (χ0n) is 12.1. The van der Waals surface area contributed by atoms with Gasteiger partial charge < -0.3 is 10.2 Å². The second-order valence-corrected chi connectivity index (χ2v) is 5.73. The number of imide groups is 1. The minimum absolute atomic E-state index is 0.191. The third-order valence-electron chi connectivity index (χ3n) is 4.24.